The zero-order valence-electron chi connectivity index (χ0n) is 17.0. The van der Waals surface area contributed by atoms with E-state index in [-0.39, 0.29) is 23.7 Å². The van der Waals surface area contributed by atoms with E-state index in [2.05, 4.69) is 15.4 Å². The lowest BCUT2D eigenvalue weighted by atomic mass is 10.1. The molecule has 9 nitrogen and oxygen atoms in total. The SMILES string of the molecule is CC(=O)Nc1ccc(NS(C)(=O)=O)c(C(=O)NCCc2cc(Cl)c3c(c2)OCCO3)c1. The fraction of sp³-hybridized carbons (Fsp3) is 0.300. The van der Waals surface area contributed by atoms with Crippen molar-refractivity contribution >= 4 is 44.8 Å². The number of halogens is 1. The maximum absolute atomic E-state index is 12.7. The quantitative estimate of drug-likeness (QED) is 0.574. The van der Waals surface area contributed by atoms with Crippen LogP contribution in [0.1, 0.15) is 22.8 Å². The first-order chi connectivity index (χ1) is 14.6. The number of carbonyl (C=O) groups excluding carboxylic acids is 2. The van der Waals surface area contributed by atoms with Crippen molar-refractivity contribution in [2.75, 3.05) is 36.1 Å². The number of rotatable bonds is 7. The third kappa shape index (κ3) is 6.25. The molecule has 1 aliphatic heterocycles. The van der Waals surface area contributed by atoms with Crippen LogP contribution in [0.4, 0.5) is 11.4 Å². The third-order valence-electron chi connectivity index (χ3n) is 4.24. The molecule has 0 aliphatic carbocycles. The molecule has 3 N–H and O–H groups in total. The van der Waals surface area contributed by atoms with Crippen LogP contribution < -0.4 is 24.8 Å². The highest BCUT2D eigenvalue weighted by molar-refractivity contribution is 7.92. The number of nitrogens with one attached hydrogen (secondary N) is 3. The second kappa shape index (κ2) is 9.44. The van der Waals surface area contributed by atoms with Crippen molar-refractivity contribution in [3.05, 3.63) is 46.5 Å². The minimum absolute atomic E-state index is 0.0804. The van der Waals surface area contributed by atoms with Gasteiger partial charge in [0, 0.05) is 19.2 Å². The van der Waals surface area contributed by atoms with E-state index in [1.807, 2.05) is 0 Å². The van der Waals surface area contributed by atoms with Gasteiger partial charge in [-0.2, -0.15) is 0 Å². The van der Waals surface area contributed by atoms with Gasteiger partial charge in [-0.15, -0.1) is 0 Å². The molecule has 0 radical (unpaired) electrons. The van der Waals surface area contributed by atoms with Gasteiger partial charge in [-0.1, -0.05) is 11.6 Å². The number of hydrogen-bond acceptors (Lipinski definition) is 6. The van der Waals surface area contributed by atoms with Gasteiger partial charge in [0.15, 0.2) is 11.5 Å². The Hall–Kier alpha value is -2.98. The van der Waals surface area contributed by atoms with Crippen LogP contribution in [-0.2, 0) is 21.2 Å². The van der Waals surface area contributed by atoms with E-state index in [0.717, 1.165) is 11.8 Å². The van der Waals surface area contributed by atoms with Crippen LogP contribution in [0.3, 0.4) is 0 Å². The van der Waals surface area contributed by atoms with Gasteiger partial charge in [-0.05, 0) is 42.3 Å². The van der Waals surface area contributed by atoms with E-state index in [9.17, 15) is 18.0 Å². The van der Waals surface area contributed by atoms with E-state index in [0.29, 0.717) is 41.8 Å². The number of ether oxygens (including phenoxy) is 2. The number of sulfonamides is 1. The summed E-state index contributed by atoms with van der Waals surface area (Å²) in [7, 11) is -3.60. The zero-order valence-corrected chi connectivity index (χ0v) is 18.5. The van der Waals surface area contributed by atoms with Crippen LogP contribution in [0.2, 0.25) is 5.02 Å². The van der Waals surface area contributed by atoms with Gasteiger partial charge in [-0.3, -0.25) is 14.3 Å². The molecule has 0 unspecified atom stereocenters. The fourth-order valence-electron chi connectivity index (χ4n) is 3.03. The predicted molar refractivity (Wildman–Crippen MR) is 118 cm³/mol. The Balaban J connectivity index is 1.73. The minimum atomic E-state index is -3.60. The molecule has 31 heavy (non-hydrogen) atoms. The molecular weight excluding hydrogens is 446 g/mol. The molecule has 0 bridgehead atoms. The van der Waals surface area contributed by atoms with Gasteiger partial charge in [0.2, 0.25) is 15.9 Å². The number of benzene rings is 2. The molecule has 0 spiro atoms. The van der Waals surface area contributed by atoms with Crippen molar-refractivity contribution in [3.63, 3.8) is 0 Å². The summed E-state index contributed by atoms with van der Waals surface area (Å²) >= 11 is 6.23. The molecule has 0 saturated carbocycles. The van der Waals surface area contributed by atoms with Gasteiger partial charge in [0.1, 0.15) is 13.2 Å². The van der Waals surface area contributed by atoms with Crippen molar-refractivity contribution in [1.82, 2.24) is 5.32 Å². The Morgan fingerprint density at radius 1 is 1.13 bits per heavy atom. The molecule has 1 heterocycles. The van der Waals surface area contributed by atoms with Crippen molar-refractivity contribution < 1.29 is 27.5 Å². The molecule has 0 saturated heterocycles. The largest absolute Gasteiger partial charge is 0.486 e. The number of carbonyl (C=O) groups is 2. The topological polar surface area (TPSA) is 123 Å². The van der Waals surface area contributed by atoms with Crippen LogP contribution in [0.25, 0.3) is 0 Å². The van der Waals surface area contributed by atoms with Crippen molar-refractivity contribution in [1.29, 1.82) is 0 Å². The lowest BCUT2D eigenvalue weighted by Gasteiger charge is -2.20. The van der Waals surface area contributed by atoms with E-state index in [4.69, 9.17) is 21.1 Å². The van der Waals surface area contributed by atoms with E-state index >= 15 is 0 Å². The second-order valence-corrected chi connectivity index (χ2v) is 9.08. The van der Waals surface area contributed by atoms with E-state index in [1.165, 1.54) is 25.1 Å². The molecule has 11 heteroatoms. The Morgan fingerprint density at radius 3 is 2.58 bits per heavy atom. The first-order valence-corrected chi connectivity index (χ1v) is 11.6. The molecule has 2 aromatic rings. The maximum Gasteiger partial charge on any atom is 0.253 e. The van der Waals surface area contributed by atoms with Crippen LogP contribution in [-0.4, -0.2) is 46.2 Å². The first-order valence-electron chi connectivity index (χ1n) is 9.38. The molecule has 3 rings (SSSR count). The van der Waals surface area contributed by atoms with Crippen molar-refractivity contribution in [2.24, 2.45) is 0 Å². The summed E-state index contributed by atoms with van der Waals surface area (Å²) in [6.07, 6.45) is 1.45. The summed E-state index contributed by atoms with van der Waals surface area (Å²) in [5, 5.41) is 5.75. The number of anilines is 2. The zero-order chi connectivity index (χ0) is 22.6. The molecule has 0 fully saturated rings. The highest BCUT2D eigenvalue weighted by Crippen LogP contribution is 2.38. The lowest BCUT2D eigenvalue weighted by molar-refractivity contribution is -0.114. The minimum Gasteiger partial charge on any atom is -0.486 e. The number of fused-ring (bicyclic) bond motifs is 1. The van der Waals surface area contributed by atoms with E-state index < -0.39 is 15.9 Å². The highest BCUT2D eigenvalue weighted by atomic mass is 35.5. The summed E-state index contributed by atoms with van der Waals surface area (Å²) < 4.78 is 36.6. The molecular formula is C20H22ClN3O6S. The normalized spacial score (nSPS) is 12.7. The summed E-state index contributed by atoms with van der Waals surface area (Å²) in [4.78, 5) is 24.1. The van der Waals surface area contributed by atoms with Gasteiger partial charge in [0.05, 0.1) is 22.5 Å². The standard InChI is InChI=1S/C20H22ClN3O6S/c1-12(25)23-14-3-4-17(24-31(2,27)28)15(11-14)20(26)22-6-5-13-9-16(21)19-18(10-13)29-7-8-30-19/h3-4,9-11,24H,5-8H2,1-2H3,(H,22,26)(H,23,25). The Labute approximate surface area is 185 Å². The first kappa shape index (κ1) is 22.7. The fourth-order valence-corrected chi connectivity index (χ4v) is 3.89. The molecule has 0 aromatic heterocycles. The Kier molecular flexibility index (Phi) is 6.91. The lowest BCUT2D eigenvalue weighted by Crippen LogP contribution is -2.27. The summed E-state index contributed by atoms with van der Waals surface area (Å²) in [5.74, 6) is 0.252. The summed E-state index contributed by atoms with van der Waals surface area (Å²) in [6, 6.07) is 7.88. The Morgan fingerprint density at radius 2 is 1.87 bits per heavy atom. The van der Waals surface area contributed by atoms with E-state index in [1.54, 1.807) is 12.1 Å². The van der Waals surface area contributed by atoms with Crippen molar-refractivity contribution in [2.45, 2.75) is 13.3 Å². The van der Waals surface area contributed by atoms with Crippen LogP contribution in [0.5, 0.6) is 11.5 Å². The number of amides is 2. The average Bonchev–Trinajstić information content (AvgIpc) is 2.67. The Bertz CT molecular complexity index is 1120. The molecule has 166 valence electrons. The molecule has 2 amide bonds. The van der Waals surface area contributed by atoms with Crippen LogP contribution in [0, 0.1) is 0 Å². The maximum atomic E-state index is 12.7. The van der Waals surface area contributed by atoms with Gasteiger partial charge in [0.25, 0.3) is 5.91 Å². The highest BCUT2D eigenvalue weighted by Gasteiger charge is 2.18. The third-order valence-corrected chi connectivity index (χ3v) is 5.11. The summed E-state index contributed by atoms with van der Waals surface area (Å²) in [5.41, 5.74) is 1.40. The predicted octanol–water partition coefficient (Wildman–Crippen LogP) is 2.41. The molecule has 2 aromatic carbocycles. The van der Waals surface area contributed by atoms with Gasteiger partial charge in [-0.25, -0.2) is 8.42 Å². The second-order valence-electron chi connectivity index (χ2n) is 6.92. The summed E-state index contributed by atoms with van der Waals surface area (Å²) in [6.45, 7) is 2.46. The van der Waals surface area contributed by atoms with Gasteiger partial charge < -0.3 is 20.1 Å². The average molecular weight is 468 g/mol. The van der Waals surface area contributed by atoms with Crippen LogP contribution >= 0.6 is 11.6 Å². The van der Waals surface area contributed by atoms with Gasteiger partial charge >= 0.3 is 0 Å². The van der Waals surface area contributed by atoms with Crippen molar-refractivity contribution in [3.8, 4) is 11.5 Å². The smallest absolute Gasteiger partial charge is 0.253 e. The monoisotopic (exact) mass is 467 g/mol. The molecule has 0 atom stereocenters. The number of hydrogen-bond donors (Lipinski definition) is 3. The molecule has 1 aliphatic rings. The van der Waals surface area contributed by atoms with Crippen LogP contribution in [0.15, 0.2) is 30.3 Å².